The third-order valence-corrected chi connectivity index (χ3v) is 5.56. The van der Waals surface area contributed by atoms with Gasteiger partial charge in [0.2, 0.25) is 15.9 Å². The summed E-state index contributed by atoms with van der Waals surface area (Å²) >= 11 is 0. The number of nitrogens with one attached hydrogen (secondary N) is 1. The van der Waals surface area contributed by atoms with Gasteiger partial charge in [0, 0.05) is 23.8 Å². The van der Waals surface area contributed by atoms with E-state index in [1.165, 1.54) is 19.4 Å². The summed E-state index contributed by atoms with van der Waals surface area (Å²) in [6.07, 6.45) is 3.04. The first-order valence-electron chi connectivity index (χ1n) is 8.80. The molecule has 3 aromatic rings. The summed E-state index contributed by atoms with van der Waals surface area (Å²) in [5.41, 5.74) is 1.86. The highest BCUT2D eigenvalue weighted by molar-refractivity contribution is 7.89. The SMILES string of the molecule is COCCOCNS(=O)(=O)c1ccccc1-c1ccc(-c2ncco2)cc1OC. The molecule has 0 atom stereocenters. The monoisotopic (exact) mass is 418 g/mol. The van der Waals surface area contributed by atoms with Crippen LogP contribution >= 0.6 is 0 Å². The number of hydrogen-bond donors (Lipinski definition) is 1. The second kappa shape index (κ2) is 9.66. The molecule has 0 amide bonds. The third-order valence-electron chi connectivity index (χ3n) is 4.13. The molecule has 0 aliphatic rings. The Morgan fingerprint density at radius 3 is 2.62 bits per heavy atom. The van der Waals surface area contributed by atoms with Crippen LogP contribution in [0.2, 0.25) is 0 Å². The summed E-state index contributed by atoms with van der Waals surface area (Å²) < 4.78 is 49.0. The van der Waals surface area contributed by atoms with Crippen LogP contribution in [-0.4, -0.2) is 47.6 Å². The van der Waals surface area contributed by atoms with Gasteiger partial charge in [-0.15, -0.1) is 0 Å². The van der Waals surface area contributed by atoms with Gasteiger partial charge in [-0.2, -0.15) is 4.72 Å². The van der Waals surface area contributed by atoms with Crippen molar-refractivity contribution in [3.05, 3.63) is 54.9 Å². The molecule has 29 heavy (non-hydrogen) atoms. The van der Waals surface area contributed by atoms with Crippen LogP contribution < -0.4 is 9.46 Å². The zero-order valence-corrected chi connectivity index (χ0v) is 16.9. The van der Waals surface area contributed by atoms with Crippen LogP contribution in [0.25, 0.3) is 22.6 Å². The molecule has 2 aromatic carbocycles. The van der Waals surface area contributed by atoms with Gasteiger partial charge in [0.1, 0.15) is 18.7 Å². The van der Waals surface area contributed by atoms with Crippen molar-refractivity contribution in [2.75, 3.05) is 34.2 Å². The highest BCUT2D eigenvalue weighted by atomic mass is 32.2. The Bertz CT molecular complexity index is 1030. The van der Waals surface area contributed by atoms with E-state index < -0.39 is 10.0 Å². The summed E-state index contributed by atoms with van der Waals surface area (Å²) in [5.74, 6) is 0.949. The van der Waals surface area contributed by atoms with E-state index in [-0.39, 0.29) is 18.2 Å². The number of methoxy groups -OCH3 is 2. The van der Waals surface area contributed by atoms with Crippen LogP contribution in [0.5, 0.6) is 5.75 Å². The molecule has 9 heteroatoms. The molecule has 1 N–H and O–H groups in total. The van der Waals surface area contributed by atoms with Crippen LogP contribution in [0.3, 0.4) is 0 Å². The van der Waals surface area contributed by atoms with E-state index >= 15 is 0 Å². The maximum atomic E-state index is 12.8. The topological polar surface area (TPSA) is 99.9 Å². The van der Waals surface area contributed by atoms with Crippen molar-refractivity contribution in [2.45, 2.75) is 4.90 Å². The summed E-state index contributed by atoms with van der Waals surface area (Å²) in [5, 5.41) is 0. The van der Waals surface area contributed by atoms with Gasteiger partial charge in [-0.25, -0.2) is 13.4 Å². The molecule has 0 saturated heterocycles. The normalized spacial score (nSPS) is 11.5. The molecule has 1 heterocycles. The Labute approximate surface area is 169 Å². The molecule has 1 aromatic heterocycles. The number of oxazole rings is 1. The zero-order valence-electron chi connectivity index (χ0n) is 16.1. The molecule has 3 rings (SSSR count). The summed E-state index contributed by atoms with van der Waals surface area (Å²) in [4.78, 5) is 4.25. The Morgan fingerprint density at radius 1 is 1.07 bits per heavy atom. The molecule has 154 valence electrons. The van der Waals surface area contributed by atoms with Crippen LogP contribution in [0.1, 0.15) is 0 Å². The first-order valence-corrected chi connectivity index (χ1v) is 10.3. The standard InChI is InChI=1S/C20H22N2O6S/c1-25-11-12-27-14-22-29(23,24)19-6-4-3-5-17(19)16-8-7-15(13-18(16)26-2)20-21-9-10-28-20/h3-10,13,22H,11-12,14H2,1-2H3. The first-order chi connectivity index (χ1) is 14.1. The molecular weight excluding hydrogens is 396 g/mol. The minimum atomic E-state index is -3.81. The number of aromatic nitrogens is 1. The molecule has 0 radical (unpaired) electrons. The average molecular weight is 418 g/mol. The molecule has 0 fully saturated rings. The lowest BCUT2D eigenvalue weighted by Crippen LogP contribution is -2.27. The number of ether oxygens (including phenoxy) is 3. The van der Waals surface area contributed by atoms with Crippen molar-refractivity contribution in [3.63, 3.8) is 0 Å². The number of rotatable bonds is 10. The Hall–Kier alpha value is -2.72. The molecule has 0 saturated carbocycles. The largest absolute Gasteiger partial charge is 0.496 e. The maximum Gasteiger partial charge on any atom is 0.243 e. The molecule has 0 unspecified atom stereocenters. The Balaban J connectivity index is 1.92. The molecule has 0 bridgehead atoms. The molecule has 0 aliphatic carbocycles. The minimum Gasteiger partial charge on any atom is -0.496 e. The van der Waals surface area contributed by atoms with E-state index in [2.05, 4.69) is 9.71 Å². The Morgan fingerprint density at radius 2 is 1.90 bits per heavy atom. The number of hydrogen-bond acceptors (Lipinski definition) is 7. The summed E-state index contributed by atoms with van der Waals surface area (Å²) in [6.45, 7) is 0.517. The third kappa shape index (κ3) is 5.01. The lowest BCUT2D eigenvalue weighted by Gasteiger charge is -2.15. The Kier molecular flexibility index (Phi) is 6.99. The minimum absolute atomic E-state index is 0.123. The molecule has 0 aliphatic heterocycles. The predicted molar refractivity (Wildman–Crippen MR) is 107 cm³/mol. The molecule has 0 spiro atoms. The van der Waals surface area contributed by atoms with Gasteiger partial charge in [0.15, 0.2) is 0 Å². The second-order valence-corrected chi connectivity index (χ2v) is 7.68. The van der Waals surface area contributed by atoms with E-state index in [1.54, 1.807) is 49.7 Å². The van der Waals surface area contributed by atoms with Crippen LogP contribution in [0.4, 0.5) is 0 Å². The van der Waals surface area contributed by atoms with Crippen LogP contribution in [0.15, 0.2) is 64.2 Å². The van der Waals surface area contributed by atoms with Gasteiger partial charge in [-0.1, -0.05) is 18.2 Å². The van der Waals surface area contributed by atoms with E-state index in [4.69, 9.17) is 18.6 Å². The summed E-state index contributed by atoms with van der Waals surface area (Å²) in [7, 11) is -0.736. The van der Waals surface area contributed by atoms with Gasteiger partial charge >= 0.3 is 0 Å². The van der Waals surface area contributed by atoms with E-state index in [9.17, 15) is 8.42 Å². The van der Waals surface area contributed by atoms with Gasteiger partial charge in [-0.05, 0) is 24.3 Å². The van der Waals surface area contributed by atoms with Gasteiger partial charge in [-0.3, -0.25) is 0 Å². The second-order valence-electron chi connectivity index (χ2n) is 5.94. The number of nitrogens with zero attached hydrogens (tertiary/aromatic N) is 1. The highest BCUT2D eigenvalue weighted by Gasteiger charge is 2.21. The zero-order chi connectivity index (χ0) is 20.7. The van der Waals surface area contributed by atoms with E-state index in [0.29, 0.717) is 29.4 Å². The van der Waals surface area contributed by atoms with Gasteiger partial charge in [0.25, 0.3) is 0 Å². The smallest absolute Gasteiger partial charge is 0.243 e. The predicted octanol–water partition coefficient (Wildman–Crippen LogP) is 2.92. The van der Waals surface area contributed by atoms with Crippen molar-refractivity contribution < 1.29 is 27.0 Å². The van der Waals surface area contributed by atoms with E-state index in [0.717, 1.165) is 5.56 Å². The highest BCUT2D eigenvalue weighted by Crippen LogP contribution is 2.36. The van der Waals surface area contributed by atoms with Crippen molar-refractivity contribution in [3.8, 4) is 28.3 Å². The quantitative estimate of drug-likeness (QED) is 0.399. The van der Waals surface area contributed by atoms with Crippen LogP contribution in [0, 0.1) is 0 Å². The van der Waals surface area contributed by atoms with Crippen molar-refractivity contribution >= 4 is 10.0 Å². The fourth-order valence-electron chi connectivity index (χ4n) is 2.75. The van der Waals surface area contributed by atoms with Crippen molar-refractivity contribution in [1.29, 1.82) is 0 Å². The van der Waals surface area contributed by atoms with Crippen LogP contribution in [-0.2, 0) is 19.5 Å². The van der Waals surface area contributed by atoms with Gasteiger partial charge in [0.05, 0.1) is 31.4 Å². The lowest BCUT2D eigenvalue weighted by atomic mass is 10.0. The maximum absolute atomic E-state index is 12.8. The summed E-state index contributed by atoms with van der Waals surface area (Å²) in [6, 6.07) is 12.0. The van der Waals surface area contributed by atoms with Crippen molar-refractivity contribution in [1.82, 2.24) is 9.71 Å². The van der Waals surface area contributed by atoms with Crippen molar-refractivity contribution in [2.24, 2.45) is 0 Å². The number of sulfonamides is 1. The molecular formula is C20H22N2O6S. The molecule has 8 nitrogen and oxygen atoms in total. The lowest BCUT2D eigenvalue weighted by molar-refractivity contribution is 0.0688. The fourth-order valence-corrected chi connectivity index (χ4v) is 3.87. The van der Waals surface area contributed by atoms with Gasteiger partial charge < -0.3 is 18.6 Å². The average Bonchev–Trinajstić information content (AvgIpc) is 3.28. The van der Waals surface area contributed by atoms with E-state index in [1.807, 2.05) is 0 Å². The fraction of sp³-hybridized carbons (Fsp3) is 0.250. The number of benzene rings is 2. The first kappa shape index (κ1) is 21.0.